The Labute approximate surface area is 122 Å². The standard InChI is InChI=1S/C16H27N3O/c1-19(2)16(8-5-3-4-6-9-16)14(20)11-13-7-10-18-15(17)12-13/h7,10,12,14,20H,3-6,8-9,11H2,1-2H3,(H2,17,18). The minimum Gasteiger partial charge on any atom is -0.391 e. The van der Waals surface area contributed by atoms with Gasteiger partial charge in [-0.15, -0.1) is 0 Å². The third-order valence-electron chi connectivity index (χ3n) is 4.75. The predicted octanol–water partition coefficient (Wildman–Crippen LogP) is 2.22. The largest absolute Gasteiger partial charge is 0.391 e. The topological polar surface area (TPSA) is 62.4 Å². The van der Waals surface area contributed by atoms with E-state index in [1.54, 1.807) is 6.20 Å². The Hall–Kier alpha value is -1.13. The molecule has 0 amide bonds. The van der Waals surface area contributed by atoms with Crippen molar-refractivity contribution >= 4 is 5.82 Å². The van der Waals surface area contributed by atoms with Gasteiger partial charge in [-0.3, -0.25) is 0 Å². The highest BCUT2D eigenvalue weighted by Gasteiger charge is 2.39. The van der Waals surface area contributed by atoms with E-state index in [0.717, 1.165) is 18.4 Å². The van der Waals surface area contributed by atoms with Crippen molar-refractivity contribution in [2.75, 3.05) is 19.8 Å². The van der Waals surface area contributed by atoms with Gasteiger partial charge in [-0.2, -0.15) is 0 Å². The van der Waals surface area contributed by atoms with Crippen molar-refractivity contribution in [2.45, 2.75) is 56.6 Å². The number of likely N-dealkylation sites (N-methyl/N-ethyl adjacent to an activating group) is 1. The molecule has 1 atom stereocenters. The van der Waals surface area contributed by atoms with Crippen LogP contribution in [0.3, 0.4) is 0 Å². The maximum Gasteiger partial charge on any atom is 0.123 e. The molecule has 0 aliphatic heterocycles. The van der Waals surface area contributed by atoms with Crippen LogP contribution >= 0.6 is 0 Å². The highest BCUT2D eigenvalue weighted by atomic mass is 16.3. The summed E-state index contributed by atoms with van der Waals surface area (Å²) in [4.78, 5) is 6.24. The van der Waals surface area contributed by atoms with Crippen LogP contribution in [0.2, 0.25) is 0 Å². The van der Waals surface area contributed by atoms with Crippen LogP contribution in [0.25, 0.3) is 0 Å². The first-order valence-corrected chi connectivity index (χ1v) is 7.60. The van der Waals surface area contributed by atoms with Crippen molar-refractivity contribution in [3.63, 3.8) is 0 Å². The number of rotatable bonds is 4. The van der Waals surface area contributed by atoms with Crippen molar-refractivity contribution in [1.29, 1.82) is 0 Å². The number of nitrogens with zero attached hydrogens (tertiary/aromatic N) is 2. The lowest BCUT2D eigenvalue weighted by atomic mass is 9.80. The fourth-order valence-corrected chi connectivity index (χ4v) is 3.45. The smallest absolute Gasteiger partial charge is 0.123 e. The second-order valence-corrected chi connectivity index (χ2v) is 6.22. The number of pyridine rings is 1. The Bertz CT molecular complexity index is 425. The molecule has 0 aromatic carbocycles. The Kier molecular flexibility index (Phi) is 5.00. The zero-order valence-electron chi connectivity index (χ0n) is 12.7. The molecular weight excluding hydrogens is 250 g/mol. The molecule has 112 valence electrons. The van der Waals surface area contributed by atoms with Gasteiger partial charge in [0, 0.05) is 18.2 Å². The molecule has 1 aliphatic carbocycles. The van der Waals surface area contributed by atoms with Crippen LogP contribution in [0.15, 0.2) is 18.3 Å². The SMILES string of the molecule is CN(C)C1(C(O)Cc2ccnc(N)c2)CCCCCC1. The second kappa shape index (κ2) is 6.55. The number of hydrogen-bond acceptors (Lipinski definition) is 4. The van der Waals surface area contributed by atoms with Crippen LogP contribution in [0.1, 0.15) is 44.1 Å². The normalized spacial score (nSPS) is 20.6. The lowest BCUT2D eigenvalue weighted by molar-refractivity contribution is -0.0174. The first-order chi connectivity index (χ1) is 9.54. The van der Waals surface area contributed by atoms with Crippen molar-refractivity contribution in [3.8, 4) is 0 Å². The molecule has 0 radical (unpaired) electrons. The van der Waals surface area contributed by atoms with Crippen LogP contribution in [-0.2, 0) is 6.42 Å². The highest BCUT2D eigenvalue weighted by Crippen LogP contribution is 2.35. The van der Waals surface area contributed by atoms with Crippen molar-refractivity contribution < 1.29 is 5.11 Å². The average molecular weight is 277 g/mol. The predicted molar refractivity (Wildman–Crippen MR) is 82.5 cm³/mol. The van der Waals surface area contributed by atoms with Crippen molar-refractivity contribution in [2.24, 2.45) is 0 Å². The maximum atomic E-state index is 10.9. The molecule has 4 heteroatoms. The molecule has 0 spiro atoms. The number of anilines is 1. The molecule has 1 fully saturated rings. The van der Waals surface area contributed by atoms with Gasteiger partial charge in [0.2, 0.25) is 0 Å². The summed E-state index contributed by atoms with van der Waals surface area (Å²) in [6.07, 6.45) is 9.11. The molecule has 1 unspecified atom stereocenters. The molecule has 0 bridgehead atoms. The minimum absolute atomic E-state index is 0.103. The third-order valence-corrected chi connectivity index (χ3v) is 4.75. The van der Waals surface area contributed by atoms with Gasteiger partial charge in [0.25, 0.3) is 0 Å². The summed E-state index contributed by atoms with van der Waals surface area (Å²) in [7, 11) is 4.19. The molecule has 1 aromatic rings. The van der Waals surface area contributed by atoms with Crippen LogP contribution in [0.5, 0.6) is 0 Å². The van der Waals surface area contributed by atoms with E-state index in [-0.39, 0.29) is 11.6 Å². The lowest BCUT2D eigenvalue weighted by Gasteiger charge is -2.43. The van der Waals surface area contributed by atoms with E-state index in [2.05, 4.69) is 24.0 Å². The number of hydrogen-bond donors (Lipinski definition) is 2. The van der Waals surface area contributed by atoms with Gasteiger partial charge in [0.1, 0.15) is 5.82 Å². The van der Waals surface area contributed by atoms with Crippen LogP contribution in [0, 0.1) is 0 Å². The molecule has 1 aromatic heterocycles. The highest BCUT2D eigenvalue weighted by molar-refractivity contribution is 5.32. The summed E-state index contributed by atoms with van der Waals surface area (Å²) in [5.41, 5.74) is 6.69. The van der Waals surface area contributed by atoms with Gasteiger partial charge in [-0.05, 0) is 44.6 Å². The number of aliphatic hydroxyl groups excluding tert-OH is 1. The molecular formula is C16H27N3O. The van der Waals surface area contributed by atoms with Gasteiger partial charge in [0.15, 0.2) is 0 Å². The fourth-order valence-electron chi connectivity index (χ4n) is 3.45. The summed E-state index contributed by atoms with van der Waals surface area (Å²) in [6.45, 7) is 0. The van der Waals surface area contributed by atoms with Crippen LogP contribution in [0.4, 0.5) is 5.82 Å². The van der Waals surface area contributed by atoms with Gasteiger partial charge >= 0.3 is 0 Å². The first kappa shape index (κ1) is 15.3. The summed E-state index contributed by atoms with van der Waals surface area (Å²) < 4.78 is 0. The molecule has 0 saturated heterocycles. The maximum absolute atomic E-state index is 10.9. The summed E-state index contributed by atoms with van der Waals surface area (Å²) in [5, 5.41) is 10.9. The molecule has 3 N–H and O–H groups in total. The van der Waals surface area contributed by atoms with E-state index in [1.807, 2.05) is 12.1 Å². The van der Waals surface area contributed by atoms with Gasteiger partial charge < -0.3 is 15.7 Å². The molecule has 1 saturated carbocycles. The molecule has 20 heavy (non-hydrogen) atoms. The van der Waals surface area contributed by atoms with Gasteiger partial charge in [-0.1, -0.05) is 25.7 Å². The van der Waals surface area contributed by atoms with E-state index in [0.29, 0.717) is 12.2 Å². The lowest BCUT2D eigenvalue weighted by Crippen LogP contribution is -2.54. The van der Waals surface area contributed by atoms with Crippen molar-refractivity contribution in [3.05, 3.63) is 23.9 Å². The summed E-state index contributed by atoms with van der Waals surface area (Å²) in [6, 6.07) is 3.81. The number of aromatic nitrogens is 1. The van der Waals surface area contributed by atoms with Crippen LogP contribution in [-0.4, -0.2) is 40.7 Å². The molecule has 1 heterocycles. The molecule has 4 nitrogen and oxygen atoms in total. The van der Waals surface area contributed by atoms with E-state index in [1.165, 1.54) is 25.7 Å². The Balaban J connectivity index is 2.16. The van der Waals surface area contributed by atoms with Crippen LogP contribution < -0.4 is 5.73 Å². The molecule has 2 rings (SSSR count). The second-order valence-electron chi connectivity index (χ2n) is 6.22. The Morgan fingerprint density at radius 2 is 1.95 bits per heavy atom. The van der Waals surface area contributed by atoms with E-state index >= 15 is 0 Å². The third kappa shape index (κ3) is 3.30. The zero-order valence-corrected chi connectivity index (χ0v) is 12.7. The van der Waals surface area contributed by atoms with E-state index in [9.17, 15) is 5.11 Å². The van der Waals surface area contributed by atoms with E-state index in [4.69, 9.17) is 5.73 Å². The Morgan fingerprint density at radius 3 is 2.50 bits per heavy atom. The zero-order chi connectivity index (χ0) is 14.6. The summed E-state index contributed by atoms with van der Waals surface area (Å²) >= 11 is 0. The van der Waals surface area contributed by atoms with Crippen molar-refractivity contribution in [1.82, 2.24) is 9.88 Å². The van der Waals surface area contributed by atoms with Gasteiger partial charge in [-0.25, -0.2) is 4.98 Å². The van der Waals surface area contributed by atoms with Gasteiger partial charge in [0.05, 0.1) is 6.10 Å². The summed E-state index contributed by atoms with van der Waals surface area (Å²) in [5.74, 6) is 0.523. The minimum atomic E-state index is -0.364. The first-order valence-electron chi connectivity index (χ1n) is 7.60. The fraction of sp³-hybridized carbons (Fsp3) is 0.688. The van der Waals surface area contributed by atoms with E-state index < -0.39 is 0 Å². The number of aliphatic hydroxyl groups is 1. The molecule has 1 aliphatic rings. The number of nitrogen functional groups attached to an aromatic ring is 1. The monoisotopic (exact) mass is 277 g/mol. The quantitative estimate of drug-likeness (QED) is 0.828. The number of nitrogens with two attached hydrogens (primary N) is 1. The Morgan fingerprint density at radius 1 is 1.30 bits per heavy atom. The average Bonchev–Trinajstić information content (AvgIpc) is 2.65.